The second-order valence-electron chi connectivity index (χ2n) is 5.85. The summed E-state index contributed by atoms with van der Waals surface area (Å²) in [7, 11) is -0.730. The lowest BCUT2D eigenvalue weighted by molar-refractivity contribution is 0.00578. The molecule has 1 aromatic rings. The summed E-state index contributed by atoms with van der Waals surface area (Å²) in [5, 5.41) is 0. The second-order valence-corrected chi connectivity index (χ2v) is 5.85. The minimum Gasteiger partial charge on any atom is -0.402 e. The molecule has 1 heterocycles. The highest BCUT2D eigenvalue weighted by molar-refractivity contribution is 6.47. The van der Waals surface area contributed by atoms with E-state index in [-0.39, 0.29) is 0 Å². The average Bonchev–Trinajstić information content (AvgIpc) is 2.45. The molecule has 1 unspecified atom stereocenters. The SMILES string of the molecule is CC1(C)OB(C(N)c2cc(F)cc(F)c2)OC1(C)C. The first-order valence-electron chi connectivity index (χ1n) is 6.20. The van der Waals surface area contributed by atoms with E-state index < -0.39 is 35.9 Å². The van der Waals surface area contributed by atoms with E-state index in [4.69, 9.17) is 15.0 Å². The molecule has 3 nitrogen and oxygen atoms in total. The third-order valence-electron chi connectivity index (χ3n) is 3.83. The van der Waals surface area contributed by atoms with Crippen molar-refractivity contribution in [2.45, 2.75) is 44.8 Å². The highest BCUT2D eigenvalue weighted by atomic mass is 19.1. The van der Waals surface area contributed by atoms with Gasteiger partial charge in [0.2, 0.25) is 0 Å². The fourth-order valence-electron chi connectivity index (χ4n) is 1.96. The Morgan fingerprint density at radius 2 is 1.42 bits per heavy atom. The van der Waals surface area contributed by atoms with Gasteiger partial charge < -0.3 is 15.0 Å². The van der Waals surface area contributed by atoms with Crippen molar-refractivity contribution in [3.05, 3.63) is 35.4 Å². The van der Waals surface area contributed by atoms with E-state index in [1.165, 1.54) is 12.1 Å². The molecule has 2 rings (SSSR count). The summed E-state index contributed by atoms with van der Waals surface area (Å²) >= 11 is 0. The van der Waals surface area contributed by atoms with Crippen LogP contribution in [-0.4, -0.2) is 18.3 Å². The largest absolute Gasteiger partial charge is 0.480 e. The highest BCUT2D eigenvalue weighted by Gasteiger charge is 2.53. The van der Waals surface area contributed by atoms with Gasteiger partial charge >= 0.3 is 7.12 Å². The van der Waals surface area contributed by atoms with Gasteiger partial charge in [0.1, 0.15) is 11.6 Å². The number of halogens is 2. The zero-order chi connectivity index (χ0) is 14.4. The van der Waals surface area contributed by atoms with Gasteiger partial charge in [0.15, 0.2) is 0 Å². The van der Waals surface area contributed by atoms with Gasteiger partial charge in [-0.2, -0.15) is 0 Å². The van der Waals surface area contributed by atoms with Crippen LogP contribution in [0.4, 0.5) is 8.78 Å². The second kappa shape index (κ2) is 4.54. The number of benzene rings is 1. The lowest BCUT2D eigenvalue weighted by atomic mass is 9.75. The minimum atomic E-state index is -0.744. The molecule has 104 valence electrons. The molecule has 1 atom stereocenters. The summed E-state index contributed by atoms with van der Waals surface area (Å²) in [4.78, 5) is 0. The van der Waals surface area contributed by atoms with Crippen LogP contribution in [-0.2, 0) is 9.31 Å². The monoisotopic (exact) mass is 269 g/mol. The molecule has 0 radical (unpaired) electrons. The lowest BCUT2D eigenvalue weighted by Gasteiger charge is -2.32. The van der Waals surface area contributed by atoms with Crippen LogP contribution in [0.15, 0.2) is 18.2 Å². The maximum absolute atomic E-state index is 13.2. The zero-order valence-electron chi connectivity index (χ0n) is 11.5. The first kappa shape index (κ1) is 14.4. The van der Waals surface area contributed by atoms with Crippen LogP contribution in [0.5, 0.6) is 0 Å². The van der Waals surface area contributed by atoms with Gasteiger partial charge in [0.25, 0.3) is 0 Å². The average molecular weight is 269 g/mol. The van der Waals surface area contributed by atoms with Crippen molar-refractivity contribution in [2.75, 3.05) is 0 Å². The highest BCUT2D eigenvalue weighted by Crippen LogP contribution is 2.39. The first-order valence-corrected chi connectivity index (χ1v) is 6.20. The molecule has 1 fully saturated rings. The van der Waals surface area contributed by atoms with Gasteiger partial charge in [-0.3, -0.25) is 0 Å². The van der Waals surface area contributed by atoms with E-state index in [2.05, 4.69) is 0 Å². The lowest BCUT2D eigenvalue weighted by Crippen LogP contribution is -2.41. The Labute approximate surface area is 112 Å². The van der Waals surface area contributed by atoms with Gasteiger partial charge in [-0.25, -0.2) is 8.78 Å². The van der Waals surface area contributed by atoms with Crippen LogP contribution in [0.2, 0.25) is 0 Å². The summed E-state index contributed by atoms with van der Waals surface area (Å²) in [6, 6.07) is 3.19. The van der Waals surface area contributed by atoms with Gasteiger partial charge in [0, 0.05) is 6.07 Å². The van der Waals surface area contributed by atoms with Crippen LogP contribution in [0, 0.1) is 11.6 Å². The van der Waals surface area contributed by atoms with E-state index in [0.29, 0.717) is 5.56 Å². The van der Waals surface area contributed by atoms with Crippen LogP contribution >= 0.6 is 0 Å². The molecule has 2 N–H and O–H groups in total. The summed E-state index contributed by atoms with van der Waals surface area (Å²) in [6.45, 7) is 7.58. The molecule has 0 aromatic heterocycles. The molecule has 19 heavy (non-hydrogen) atoms. The van der Waals surface area contributed by atoms with E-state index in [1.807, 2.05) is 27.7 Å². The molecule has 1 aliphatic heterocycles. The van der Waals surface area contributed by atoms with Crippen molar-refractivity contribution in [1.82, 2.24) is 0 Å². The van der Waals surface area contributed by atoms with Crippen LogP contribution in [0.1, 0.15) is 39.2 Å². The summed E-state index contributed by atoms with van der Waals surface area (Å²) in [6.07, 6.45) is 0. The van der Waals surface area contributed by atoms with E-state index in [1.54, 1.807) is 0 Å². The molecular formula is C13H18BF2NO2. The Morgan fingerprint density at radius 3 is 1.84 bits per heavy atom. The van der Waals surface area contributed by atoms with Crippen LogP contribution in [0.25, 0.3) is 0 Å². The Balaban J connectivity index is 2.24. The van der Waals surface area contributed by atoms with E-state index in [9.17, 15) is 8.78 Å². The minimum absolute atomic E-state index is 0.316. The van der Waals surface area contributed by atoms with Crippen molar-refractivity contribution in [3.8, 4) is 0 Å². The smallest absolute Gasteiger partial charge is 0.402 e. The number of nitrogens with two attached hydrogens (primary N) is 1. The molecule has 0 saturated carbocycles. The predicted octanol–water partition coefficient (Wildman–Crippen LogP) is 2.60. The Morgan fingerprint density at radius 1 is 1.00 bits per heavy atom. The number of hydrogen-bond acceptors (Lipinski definition) is 3. The van der Waals surface area contributed by atoms with Crippen molar-refractivity contribution in [1.29, 1.82) is 0 Å². The van der Waals surface area contributed by atoms with E-state index >= 15 is 0 Å². The first-order chi connectivity index (χ1) is 8.62. The quantitative estimate of drug-likeness (QED) is 0.839. The summed E-state index contributed by atoms with van der Waals surface area (Å²) in [5.74, 6) is -2.07. The molecule has 0 aliphatic carbocycles. The van der Waals surface area contributed by atoms with Gasteiger partial charge in [0.05, 0.1) is 17.1 Å². The predicted molar refractivity (Wildman–Crippen MR) is 69.4 cm³/mol. The molecule has 1 aliphatic rings. The third-order valence-corrected chi connectivity index (χ3v) is 3.83. The fraction of sp³-hybridized carbons (Fsp3) is 0.538. The molecule has 1 aromatic carbocycles. The van der Waals surface area contributed by atoms with Gasteiger partial charge in [-0.05, 0) is 45.4 Å². The van der Waals surface area contributed by atoms with E-state index in [0.717, 1.165) is 6.07 Å². The van der Waals surface area contributed by atoms with Crippen molar-refractivity contribution in [2.24, 2.45) is 5.73 Å². The summed E-state index contributed by atoms with van der Waals surface area (Å²) in [5.41, 5.74) is 5.26. The molecule has 0 amide bonds. The van der Waals surface area contributed by atoms with Crippen molar-refractivity contribution < 1.29 is 18.1 Å². The van der Waals surface area contributed by atoms with Crippen LogP contribution < -0.4 is 5.73 Å². The molecule has 6 heteroatoms. The standard InChI is InChI=1S/C13H18BF2NO2/c1-12(2)13(3,4)19-14(18-12)11(17)8-5-9(15)7-10(16)6-8/h5-7,11H,17H2,1-4H3. The number of hydrogen-bond donors (Lipinski definition) is 1. The fourth-order valence-corrected chi connectivity index (χ4v) is 1.96. The maximum Gasteiger partial charge on any atom is 0.480 e. The summed E-state index contributed by atoms with van der Waals surface area (Å²) < 4.78 is 37.9. The van der Waals surface area contributed by atoms with Crippen LogP contribution in [0.3, 0.4) is 0 Å². The Bertz CT molecular complexity index is 457. The Kier molecular flexibility index (Phi) is 3.45. The van der Waals surface area contributed by atoms with Crippen molar-refractivity contribution >= 4 is 7.12 Å². The number of rotatable bonds is 2. The third kappa shape index (κ3) is 2.66. The van der Waals surface area contributed by atoms with Gasteiger partial charge in [-0.1, -0.05) is 0 Å². The molecular weight excluding hydrogens is 251 g/mol. The topological polar surface area (TPSA) is 44.5 Å². The zero-order valence-corrected chi connectivity index (χ0v) is 11.5. The van der Waals surface area contributed by atoms with Gasteiger partial charge in [-0.15, -0.1) is 0 Å². The van der Waals surface area contributed by atoms with Crippen molar-refractivity contribution in [3.63, 3.8) is 0 Å². The maximum atomic E-state index is 13.2. The molecule has 0 spiro atoms. The molecule has 1 saturated heterocycles. The normalized spacial score (nSPS) is 22.6. The Hall–Kier alpha value is -0.975. The molecule has 0 bridgehead atoms.